The number of benzene rings is 2. The fraction of sp³-hybridized carbons (Fsp3) is 0.364. The van der Waals surface area contributed by atoms with Crippen molar-refractivity contribution in [2.75, 3.05) is 19.6 Å². The molecule has 142 valence electrons. The summed E-state index contributed by atoms with van der Waals surface area (Å²) in [5.74, 6) is -0.185. The molecule has 1 saturated heterocycles. The minimum Gasteiger partial charge on any atom is -0.340 e. The fourth-order valence-corrected chi connectivity index (χ4v) is 3.39. The minimum absolute atomic E-state index is 0.0128. The van der Waals surface area contributed by atoms with E-state index in [1.165, 1.54) is 17.7 Å². The van der Waals surface area contributed by atoms with E-state index < -0.39 is 0 Å². The number of carbonyl (C=O) groups excluding carboxylic acids is 2. The van der Waals surface area contributed by atoms with Crippen molar-refractivity contribution in [3.05, 3.63) is 71.5 Å². The number of aryl methyl sites for hydroxylation is 1. The van der Waals surface area contributed by atoms with E-state index in [1.54, 1.807) is 15.9 Å². The Hall–Kier alpha value is -2.69. The van der Waals surface area contributed by atoms with Crippen LogP contribution in [0.5, 0.6) is 0 Å². The number of amides is 2. The van der Waals surface area contributed by atoms with Gasteiger partial charge in [-0.05, 0) is 36.1 Å². The highest BCUT2D eigenvalue weighted by Crippen LogP contribution is 2.13. The van der Waals surface area contributed by atoms with Crippen molar-refractivity contribution in [1.29, 1.82) is 0 Å². The molecule has 3 rings (SSSR count). The third kappa shape index (κ3) is 5.64. The van der Waals surface area contributed by atoms with Crippen molar-refractivity contribution in [3.8, 4) is 0 Å². The van der Waals surface area contributed by atoms with Crippen LogP contribution in [-0.4, -0.2) is 41.2 Å². The molecule has 1 aliphatic rings. The van der Waals surface area contributed by atoms with E-state index in [2.05, 4.69) is 12.1 Å². The molecular formula is C22H25FN2O2. The maximum absolute atomic E-state index is 13.4. The van der Waals surface area contributed by atoms with Crippen molar-refractivity contribution < 1.29 is 14.0 Å². The van der Waals surface area contributed by atoms with Gasteiger partial charge in [0.2, 0.25) is 11.8 Å². The number of hydrogen-bond acceptors (Lipinski definition) is 2. The van der Waals surface area contributed by atoms with Gasteiger partial charge in [0.1, 0.15) is 5.82 Å². The Bertz CT molecular complexity index is 779. The van der Waals surface area contributed by atoms with Crippen LogP contribution in [0.15, 0.2) is 54.6 Å². The molecule has 2 amide bonds. The number of nitrogens with zero attached hydrogens (tertiary/aromatic N) is 2. The summed E-state index contributed by atoms with van der Waals surface area (Å²) < 4.78 is 13.4. The number of carbonyl (C=O) groups is 2. The Kier molecular flexibility index (Phi) is 6.58. The lowest BCUT2D eigenvalue weighted by Gasteiger charge is -2.22. The average Bonchev–Trinajstić information content (AvgIpc) is 2.85. The van der Waals surface area contributed by atoms with Gasteiger partial charge in [-0.25, -0.2) is 4.39 Å². The molecule has 0 atom stereocenters. The number of rotatable bonds is 6. The van der Waals surface area contributed by atoms with Gasteiger partial charge in [-0.3, -0.25) is 9.59 Å². The predicted octanol–water partition coefficient (Wildman–Crippen LogP) is 3.41. The normalized spacial score (nSPS) is 14.9. The monoisotopic (exact) mass is 368 g/mol. The van der Waals surface area contributed by atoms with Crippen LogP contribution in [0.4, 0.5) is 4.39 Å². The average molecular weight is 368 g/mol. The molecule has 0 aromatic heterocycles. The van der Waals surface area contributed by atoms with Gasteiger partial charge in [0.25, 0.3) is 0 Å². The van der Waals surface area contributed by atoms with Crippen LogP contribution in [-0.2, 0) is 22.6 Å². The van der Waals surface area contributed by atoms with Crippen molar-refractivity contribution >= 4 is 11.8 Å². The Morgan fingerprint density at radius 1 is 0.963 bits per heavy atom. The van der Waals surface area contributed by atoms with Gasteiger partial charge < -0.3 is 9.80 Å². The molecule has 0 radical (unpaired) electrons. The van der Waals surface area contributed by atoms with E-state index in [4.69, 9.17) is 0 Å². The van der Waals surface area contributed by atoms with Gasteiger partial charge in [0.15, 0.2) is 0 Å². The lowest BCUT2D eigenvalue weighted by atomic mass is 10.1. The van der Waals surface area contributed by atoms with Gasteiger partial charge in [-0.1, -0.05) is 42.5 Å². The highest BCUT2D eigenvalue weighted by Gasteiger charge is 2.23. The molecule has 0 bridgehead atoms. The van der Waals surface area contributed by atoms with Crippen LogP contribution < -0.4 is 0 Å². The Morgan fingerprint density at radius 2 is 1.74 bits per heavy atom. The van der Waals surface area contributed by atoms with Crippen molar-refractivity contribution in [2.24, 2.45) is 0 Å². The van der Waals surface area contributed by atoms with Crippen LogP contribution >= 0.6 is 0 Å². The highest BCUT2D eigenvalue weighted by atomic mass is 19.1. The van der Waals surface area contributed by atoms with E-state index in [1.807, 2.05) is 24.3 Å². The van der Waals surface area contributed by atoms with Gasteiger partial charge in [-0.15, -0.1) is 0 Å². The molecular weight excluding hydrogens is 343 g/mol. The molecule has 0 unspecified atom stereocenters. The summed E-state index contributed by atoms with van der Waals surface area (Å²) in [6.45, 7) is 1.86. The first-order chi connectivity index (χ1) is 13.1. The van der Waals surface area contributed by atoms with Crippen molar-refractivity contribution in [2.45, 2.75) is 32.2 Å². The SMILES string of the molecule is O=C(CCCc1ccccc1)N1CCC(=O)N(Cc2cccc(F)c2)CC1. The van der Waals surface area contributed by atoms with E-state index in [9.17, 15) is 14.0 Å². The van der Waals surface area contributed by atoms with Crippen LogP contribution in [0.3, 0.4) is 0 Å². The molecule has 1 heterocycles. The molecule has 5 heteroatoms. The second-order valence-electron chi connectivity index (χ2n) is 6.92. The smallest absolute Gasteiger partial charge is 0.224 e. The Balaban J connectivity index is 1.49. The third-order valence-corrected chi connectivity index (χ3v) is 4.90. The topological polar surface area (TPSA) is 40.6 Å². The molecule has 1 aliphatic heterocycles. The van der Waals surface area contributed by atoms with E-state index in [-0.39, 0.29) is 17.6 Å². The summed E-state index contributed by atoms with van der Waals surface area (Å²) >= 11 is 0. The van der Waals surface area contributed by atoms with Gasteiger partial charge in [-0.2, -0.15) is 0 Å². The maximum Gasteiger partial charge on any atom is 0.224 e. The van der Waals surface area contributed by atoms with Gasteiger partial charge in [0, 0.05) is 39.0 Å². The summed E-state index contributed by atoms with van der Waals surface area (Å²) in [6.07, 6.45) is 2.50. The summed E-state index contributed by atoms with van der Waals surface area (Å²) in [5.41, 5.74) is 2.00. The maximum atomic E-state index is 13.4. The molecule has 0 N–H and O–H groups in total. The zero-order valence-electron chi connectivity index (χ0n) is 15.4. The van der Waals surface area contributed by atoms with E-state index in [0.29, 0.717) is 39.0 Å². The lowest BCUT2D eigenvalue weighted by Crippen LogP contribution is -2.35. The van der Waals surface area contributed by atoms with Crippen LogP contribution in [0, 0.1) is 5.82 Å². The van der Waals surface area contributed by atoms with E-state index >= 15 is 0 Å². The van der Waals surface area contributed by atoms with Crippen LogP contribution in [0.1, 0.15) is 30.4 Å². The second kappa shape index (κ2) is 9.31. The molecule has 2 aromatic carbocycles. The summed E-state index contributed by atoms with van der Waals surface area (Å²) in [6, 6.07) is 16.4. The molecule has 0 saturated carbocycles. The highest BCUT2D eigenvalue weighted by molar-refractivity contribution is 5.80. The first-order valence-corrected chi connectivity index (χ1v) is 9.46. The van der Waals surface area contributed by atoms with Gasteiger partial charge >= 0.3 is 0 Å². The zero-order chi connectivity index (χ0) is 19.1. The van der Waals surface area contributed by atoms with Crippen LogP contribution in [0.2, 0.25) is 0 Å². The molecule has 27 heavy (non-hydrogen) atoms. The minimum atomic E-state index is -0.301. The number of hydrogen-bond donors (Lipinski definition) is 0. The van der Waals surface area contributed by atoms with Gasteiger partial charge in [0.05, 0.1) is 0 Å². The van der Waals surface area contributed by atoms with Crippen molar-refractivity contribution in [1.82, 2.24) is 9.80 Å². The fourth-order valence-electron chi connectivity index (χ4n) is 3.39. The molecule has 0 spiro atoms. The van der Waals surface area contributed by atoms with Crippen molar-refractivity contribution in [3.63, 3.8) is 0 Å². The summed E-state index contributed by atoms with van der Waals surface area (Å²) in [5, 5.41) is 0. The quantitative estimate of drug-likeness (QED) is 0.784. The molecule has 4 nitrogen and oxygen atoms in total. The third-order valence-electron chi connectivity index (χ3n) is 4.90. The predicted molar refractivity (Wildman–Crippen MR) is 102 cm³/mol. The second-order valence-corrected chi connectivity index (χ2v) is 6.92. The molecule has 0 aliphatic carbocycles. The lowest BCUT2D eigenvalue weighted by molar-refractivity contribution is -0.131. The zero-order valence-corrected chi connectivity index (χ0v) is 15.4. The first-order valence-electron chi connectivity index (χ1n) is 9.46. The Labute approximate surface area is 159 Å². The van der Waals surface area contributed by atoms with Crippen LogP contribution in [0.25, 0.3) is 0 Å². The molecule has 1 fully saturated rings. The standard InChI is InChI=1S/C22H25FN2O2/c23-20-10-4-9-19(16-20)17-25-15-14-24(13-12-22(25)27)21(26)11-5-8-18-6-2-1-3-7-18/h1-4,6-7,9-10,16H,5,8,11-15,17H2. The summed E-state index contributed by atoms with van der Waals surface area (Å²) in [7, 11) is 0. The van der Waals surface area contributed by atoms with E-state index in [0.717, 1.165) is 18.4 Å². The molecule has 2 aromatic rings. The number of halogens is 1. The Morgan fingerprint density at radius 3 is 2.52 bits per heavy atom. The first kappa shape index (κ1) is 19.1. The summed E-state index contributed by atoms with van der Waals surface area (Å²) in [4.78, 5) is 28.4. The largest absolute Gasteiger partial charge is 0.340 e.